The van der Waals surface area contributed by atoms with Gasteiger partial charge in [-0.15, -0.1) is 0 Å². The standard InChI is InChI=1S/C26H27ClFN9O2/c1-4-20(38)35-7-9-36(10-8-35)24-16-5-6-29-25(22(16)31-26(32-24)37-13-15(14-37)34(2)3)39-23-17-12-30-33-19(17)11-18(28)21(23)27/h4-6,11-12,15H,1,7-10,13-14H2,2-3H3,(H,30,33). The van der Waals surface area contributed by atoms with Crippen molar-refractivity contribution in [1.29, 1.82) is 0 Å². The number of ether oxygens (including phenoxy) is 1. The monoisotopic (exact) mass is 551 g/mol. The predicted molar refractivity (Wildman–Crippen MR) is 147 cm³/mol. The smallest absolute Gasteiger partial charge is 0.246 e. The largest absolute Gasteiger partial charge is 0.434 e. The summed E-state index contributed by atoms with van der Waals surface area (Å²) in [6.45, 7) is 7.43. The number of aromatic nitrogens is 5. The normalized spacial score (nSPS) is 16.3. The Balaban J connectivity index is 1.43. The van der Waals surface area contributed by atoms with Gasteiger partial charge in [0, 0.05) is 57.6 Å². The van der Waals surface area contributed by atoms with Crippen LogP contribution < -0.4 is 14.5 Å². The van der Waals surface area contributed by atoms with Crippen LogP contribution in [0, 0.1) is 5.82 Å². The molecule has 2 aliphatic rings. The molecule has 0 saturated carbocycles. The van der Waals surface area contributed by atoms with E-state index in [0.717, 1.165) is 24.3 Å². The lowest BCUT2D eigenvalue weighted by atomic mass is 10.1. The third-order valence-corrected chi connectivity index (χ3v) is 7.63. The third-order valence-electron chi connectivity index (χ3n) is 7.28. The Kier molecular flexibility index (Phi) is 6.43. The van der Waals surface area contributed by atoms with Crippen molar-refractivity contribution in [3.8, 4) is 11.6 Å². The first-order valence-electron chi connectivity index (χ1n) is 12.6. The van der Waals surface area contributed by atoms with Gasteiger partial charge >= 0.3 is 0 Å². The maximum atomic E-state index is 14.6. The molecule has 2 fully saturated rings. The van der Waals surface area contributed by atoms with E-state index in [4.69, 9.17) is 26.3 Å². The van der Waals surface area contributed by atoms with E-state index in [0.29, 0.717) is 54.6 Å². The summed E-state index contributed by atoms with van der Waals surface area (Å²) in [7, 11) is 4.10. The number of carbonyl (C=O) groups is 1. The van der Waals surface area contributed by atoms with Crippen molar-refractivity contribution in [2.24, 2.45) is 0 Å². The zero-order valence-electron chi connectivity index (χ0n) is 21.6. The highest BCUT2D eigenvalue weighted by molar-refractivity contribution is 6.33. The number of nitrogens with zero attached hydrogens (tertiary/aromatic N) is 8. The van der Waals surface area contributed by atoms with Gasteiger partial charge in [0.2, 0.25) is 17.7 Å². The van der Waals surface area contributed by atoms with Crippen molar-refractivity contribution in [2.45, 2.75) is 6.04 Å². The number of rotatable bonds is 6. The molecule has 6 rings (SSSR count). The summed E-state index contributed by atoms with van der Waals surface area (Å²) in [5, 5.41) is 7.82. The maximum Gasteiger partial charge on any atom is 0.246 e. The molecule has 0 atom stereocenters. The number of nitrogens with one attached hydrogen (secondary N) is 1. The van der Waals surface area contributed by atoms with E-state index in [-0.39, 0.29) is 22.6 Å². The van der Waals surface area contributed by atoms with Crippen molar-refractivity contribution >= 4 is 51.1 Å². The number of aromatic amines is 1. The lowest BCUT2D eigenvalue weighted by Crippen LogP contribution is -2.58. The van der Waals surface area contributed by atoms with Crippen LogP contribution in [0.25, 0.3) is 21.8 Å². The van der Waals surface area contributed by atoms with Gasteiger partial charge in [-0.25, -0.2) is 14.4 Å². The highest BCUT2D eigenvalue weighted by Gasteiger charge is 2.32. The van der Waals surface area contributed by atoms with Crippen LogP contribution in [0.1, 0.15) is 0 Å². The maximum absolute atomic E-state index is 14.6. The van der Waals surface area contributed by atoms with E-state index >= 15 is 0 Å². The van der Waals surface area contributed by atoms with Gasteiger partial charge in [-0.3, -0.25) is 9.89 Å². The van der Waals surface area contributed by atoms with E-state index in [9.17, 15) is 9.18 Å². The van der Waals surface area contributed by atoms with E-state index in [1.165, 1.54) is 18.3 Å². The molecule has 0 radical (unpaired) electrons. The second kappa shape index (κ2) is 9.93. The number of amides is 1. The van der Waals surface area contributed by atoms with Crippen LogP contribution in [0.2, 0.25) is 5.02 Å². The van der Waals surface area contributed by atoms with Gasteiger partial charge in [0.25, 0.3) is 0 Å². The fraction of sp³-hybridized carbons (Fsp3) is 0.346. The molecule has 1 N–H and O–H groups in total. The van der Waals surface area contributed by atoms with Gasteiger partial charge in [-0.1, -0.05) is 18.2 Å². The predicted octanol–water partition coefficient (Wildman–Crippen LogP) is 3.07. The van der Waals surface area contributed by atoms with Crippen LogP contribution >= 0.6 is 11.6 Å². The highest BCUT2D eigenvalue weighted by Crippen LogP contribution is 2.40. The summed E-state index contributed by atoms with van der Waals surface area (Å²) >= 11 is 6.33. The molecule has 1 aromatic carbocycles. The number of piperazine rings is 1. The lowest BCUT2D eigenvalue weighted by Gasteiger charge is -2.43. The Morgan fingerprint density at radius 3 is 2.69 bits per heavy atom. The van der Waals surface area contributed by atoms with Crippen molar-refractivity contribution < 1.29 is 13.9 Å². The molecule has 11 nitrogen and oxygen atoms in total. The van der Waals surface area contributed by atoms with Gasteiger partial charge in [-0.2, -0.15) is 10.1 Å². The highest BCUT2D eigenvalue weighted by atomic mass is 35.5. The first kappa shape index (κ1) is 25.3. The number of carbonyl (C=O) groups excluding carboxylic acids is 1. The molecule has 4 aromatic rings. The second-order valence-electron chi connectivity index (χ2n) is 9.83. The zero-order valence-corrected chi connectivity index (χ0v) is 22.3. The number of H-pyrrole nitrogens is 1. The topological polar surface area (TPSA) is 107 Å². The Morgan fingerprint density at radius 1 is 1.21 bits per heavy atom. The van der Waals surface area contributed by atoms with Gasteiger partial charge in [0.15, 0.2) is 5.75 Å². The van der Waals surface area contributed by atoms with Crippen LogP contribution in [0.3, 0.4) is 0 Å². The van der Waals surface area contributed by atoms with Crippen LogP contribution in [0.5, 0.6) is 11.6 Å². The number of anilines is 2. The molecule has 0 spiro atoms. The quantitative estimate of drug-likeness (QED) is 0.362. The van der Waals surface area contributed by atoms with Crippen molar-refractivity contribution in [2.75, 3.05) is 63.2 Å². The molecule has 2 saturated heterocycles. The van der Waals surface area contributed by atoms with Crippen LogP contribution in [-0.4, -0.2) is 100 Å². The lowest BCUT2D eigenvalue weighted by molar-refractivity contribution is -0.126. The number of hydrogen-bond acceptors (Lipinski definition) is 9. The first-order valence-corrected chi connectivity index (χ1v) is 12.9. The number of pyridine rings is 1. The molecule has 13 heteroatoms. The van der Waals surface area contributed by atoms with Crippen LogP contribution in [0.15, 0.2) is 37.2 Å². The molecule has 5 heterocycles. The molecule has 0 aliphatic carbocycles. The van der Waals surface area contributed by atoms with E-state index in [2.05, 4.69) is 36.5 Å². The van der Waals surface area contributed by atoms with Crippen LogP contribution in [0.4, 0.5) is 16.2 Å². The third kappa shape index (κ3) is 4.49. The number of hydrogen-bond donors (Lipinski definition) is 1. The van der Waals surface area contributed by atoms with Gasteiger partial charge in [-0.05, 0) is 26.2 Å². The Bertz CT molecular complexity index is 1580. The van der Waals surface area contributed by atoms with Crippen LogP contribution in [-0.2, 0) is 4.79 Å². The summed E-state index contributed by atoms with van der Waals surface area (Å²) in [5.41, 5.74) is 0.928. The molecular weight excluding hydrogens is 525 g/mol. The minimum Gasteiger partial charge on any atom is -0.434 e. The summed E-state index contributed by atoms with van der Waals surface area (Å²) in [6.07, 6.45) is 4.47. The molecule has 202 valence electrons. The zero-order chi connectivity index (χ0) is 27.3. The molecule has 1 amide bonds. The minimum atomic E-state index is -0.637. The minimum absolute atomic E-state index is 0.0874. The summed E-state index contributed by atoms with van der Waals surface area (Å²) in [6, 6.07) is 3.50. The Hall–Kier alpha value is -4.03. The molecule has 0 bridgehead atoms. The van der Waals surface area contributed by atoms with E-state index in [1.807, 2.05) is 20.2 Å². The fourth-order valence-electron chi connectivity index (χ4n) is 4.87. The molecular formula is C26H27ClFN9O2. The number of fused-ring (bicyclic) bond motifs is 2. The molecule has 39 heavy (non-hydrogen) atoms. The van der Waals surface area contributed by atoms with Gasteiger partial charge in [0.1, 0.15) is 22.2 Å². The summed E-state index contributed by atoms with van der Waals surface area (Å²) in [5.74, 6) is 0.835. The van der Waals surface area contributed by atoms with Crippen molar-refractivity contribution in [3.63, 3.8) is 0 Å². The Morgan fingerprint density at radius 2 is 1.97 bits per heavy atom. The Labute approximate surface area is 228 Å². The number of likely N-dealkylation sites (N-methyl/N-ethyl adjacent to an activating group) is 1. The summed E-state index contributed by atoms with van der Waals surface area (Å²) < 4.78 is 20.8. The average molecular weight is 552 g/mol. The fourth-order valence-corrected chi connectivity index (χ4v) is 5.07. The van der Waals surface area contributed by atoms with Crippen molar-refractivity contribution in [3.05, 3.63) is 48.0 Å². The van der Waals surface area contributed by atoms with Gasteiger partial charge < -0.3 is 24.3 Å². The van der Waals surface area contributed by atoms with Crippen molar-refractivity contribution in [1.82, 2.24) is 34.9 Å². The van der Waals surface area contributed by atoms with Gasteiger partial charge in [0.05, 0.1) is 22.5 Å². The molecule has 0 unspecified atom stereocenters. The average Bonchev–Trinajstić information content (AvgIpc) is 3.37. The van der Waals surface area contributed by atoms with E-state index in [1.54, 1.807) is 11.1 Å². The molecule has 2 aliphatic heterocycles. The number of halogens is 2. The number of benzene rings is 1. The summed E-state index contributed by atoms with van der Waals surface area (Å²) in [4.78, 5) is 34.6. The molecule has 3 aromatic heterocycles. The SMILES string of the molecule is C=CC(=O)N1CCN(c2nc(N3CC(N(C)C)C3)nc3c(Oc4c(Cl)c(F)cc5[nH]ncc45)nccc23)CC1. The first-order chi connectivity index (χ1) is 18.8. The second-order valence-corrected chi connectivity index (χ2v) is 10.2. The van der Waals surface area contributed by atoms with E-state index < -0.39 is 5.82 Å².